The number of anilines is 1. The molecule has 2 aromatic heterocycles. The maximum atomic E-state index is 4.65. The van der Waals surface area contributed by atoms with Crippen molar-refractivity contribution in [1.29, 1.82) is 0 Å². The van der Waals surface area contributed by atoms with Crippen molar-refractivity contribution in [3.8, 4) is 0 Å². The first-order valence-corrected chi connectivity index (χ1v) is 8.82. The summed E-state index contributed by atoms with van der Waals surface area (Å²) in [5.41, 5.74) is 3.24. The smallest absolute Gasteiger partial charge is 0.151 e. The number of pyridine rings is 1. The number of fused-ring (bicyclic) bond motifs is 1. The highest BCUT2D eigenvalue weighted by Crippen LogP contribution is 2.31. The van der Waals surface area contributed by atoms with Gasteiger partial charge in [-0.15, -0.1) is 11.3 Å². The summed E-state index contributed by atoms with van der Waals surface area (Å²) in [5.74, 6) is 1.13. The van der Waals surface area contributed by atoms with Crippen LogP contribution in [0.15, 0.2) is 46.9 Å². The van der Waals surface area contributed by atoms with Crippen LogP contribution in [0, 0.1) is 0 Å². The maximum absolute atomic E-state index is 4.65. The average Bonchev–Trinajstić information content (AvgIpc) is 2.94. The molecule has 0 aliphatic heterocycles. The van der Waals surface area contributed by atoms with Crippen LogP contribution in [0.1, 0.15) is 19.0 Å². The number of benzene rings is 1. The predicted octanol–water partition coefficient (Wildman–Crippen LogP) is 4.81. The van der Waals surface area contributed by atoms with Crippen molar-refractivity contribution in [2.75, 3.05) is 11.1 Å². The molecule has 3 nitrogen and oxygen atoms in total. The average molecular weight is 315 g/mol. The molecule has 0 amide bonds. The lowest BCUT2D eigenvalue weighted by atomic mass is 10.3. The first-order chi connectivity index (χ1) is 10.3. The number of thioether (sulfide) groups is 1. The topological polar surface area (TPSA) is 37.8 Å². The Morgan fingerprint density at radius 1 is 1.24 bits per heavy atom. The van der Waals surface area contributed by atoms with Crippen LogP contribution in [0.2, 0.25) is 0 Å². The van der Waals surface area contributed by atoms with Gasteiger partial charge in [-0.3, -0.25) is 4.98 Å². The molecule has 3 rings (SSSR count). The first-order valence-electron chi connectivity index (χ1n) is 7.02. The Balaban J connectivity index is 1.71. The molecular formula is C16H17N3S2. The minimum absolute atomic E-state index is 0.739. The highest BCUT2D eigenvalue weighted by molar-refractivity contribution is 8.01. The highest BCUT2D eigenvalue weighted by atomic mass is 32.2. The Morgan fingerprint density at radius 2 is 2.19 bits per heavy atom. The van der Waals surface area contributed by atoms with E-state index in [1.165, 1.54) is 11.1 Å². The molecule has 0 bridgehead atoms. The van der Waals surface area contributed by atoms with Crippen molar-refractivity contribution in [3.63, 3.8) is 0 Å². The molecule has 0 atom stereocenters. The van der Waals surface area contributed by atoms with Gasteiger partial charge in [0.25, 0.3) is 0 Å². The van der Waals surface area contributed by atoms with E-state index in [9.17, 15) is 0 Å². The van der Waals surface area contributed by atoms with E-state index >= 15 is 0 Å². The molecule has 3 aromatic rings. The van der Waals surface area contributed by atoms with Crippen LogP contribution < -0.4 is 5.32 Å². The molecule has 1 N–H and O–H groups in total. The molecule has 5 heteroatoms. The predicted molar refractivity (Wildman–Crippen MR) is 92.2 cm³/mol. The Labute approximate surface area is 132 Å². The van der Waals surface area contributed by atoms with E-state index in [0.717, 1.165) is 33.5 Å². The van der Waals surface area contributed by atoms with E-state index in [2.05, 4.69) is 40.4 Å². The lowest BCUT2D eigenvalue weighted by Gasteiger charge is -2.05. The molecule has 21 heavy (non-hydrogen) atoms. The van der Waals surface area contributed by atoms with Crippen LogP contribution in [-0.4, -0.2) is 15.7 Å². The molecule has 0 aliphatic carbocycles. The van der Waals surface area contributed by atoms with Gasteiger partial charge in [0.15, 0.2) is 4.34 Å². The lowest BCUT2D eigenvalue weighted by molar-refractivity contribution is 1.05. The molecular weight excluding hydrogens is 298 g/mol. The maximum Gasteiger partial charge on any atom is 0.151 e. The van der Waals surface area contributed by atoms with Crippen LogP contribution >= 0.6 is 23.1 Å². The van der Waals surface area contributed by atoms with E-state index in [1.54, 1.807) is 11.3 Å². The zero-order valence-corrected chi connectivity index (χ0v) is 13.5. The highest BCUT2D eigenvalue weighted by Gasteiger charge is 2.05. The summed E-state index contributed by atoms with van der Waals surface area (Å²) in [6, 6.07) is 12.3. The second-order valence-corrected chi connectivity index (χ2v) is 7.06. The fourth-order valence-corrected chi connectivity index (χ4v) is 3.99. The van der Waals surface area contributed by atoms with E-state index < -0.39 is 0 Å². The van der Waals surface area contributed by atoms with Gasteiger partial charge in [0.05, 0.1) is 22.5 Å². The van der Waals surface area contributed by atoms with Gasteiger partial charge in [-0.1, -0.05) is 24.8 Å². The van der Waals surface area contributed by atoms with Gasteiger partial charge in [-0.2, -0.15) is 0 Å². The first kappa shape index (κ1) is 14.4. The van der Waals surface area contributed by atoms with E-state index in [4.69, 9.17) is 0 Å². The molecule has 0 aliphatic rings. The second kappa shape index (κ2) is 6.91. The van der Waals surface area contributed by atoms with Crippen molar-refractivity contribution in [3.05, 3.63) is 48.3 Å². The minimum Gasteiger partial charge on any atom is -0.379 e. The number of thiazole rings is 1. The molecule has 0 spiro atoms. The summed E-state index contributed by atoms with van der Waals surface area (Å²) < 4.78 is 2.40. The molecule has 0 saturated heterocycles. The third-order valence-electron chi connectivity index (χ3n) is 3.00. The van der Waals surface area contributed by atoms with Crippen LogP contribution in [0.5, 0.6) is 0 Å². The van der Waals surface area contributed by atoms with Crippen molar-refractivity contribution < 1.29 is 0 Å². The molecule has 2 heterocycles. The standard InChI is InChI=1S/C16H17N3S2/c1-2-9-20-16-19-14-7-6-12(10-15(14)21-16)18-11-13-5-3-4-8-17-13/h3-8,10,18H,2,9,11H2,1H3. The van der Waals surface area contributed by atoms with Gasteiger partial charge in [-0.05, 0) is 36.8 Å². The zero-order chi connectivity index (χ0) is 14.5. The molecule has 1 aromatic carbocycles. The Hall–Kier alpha value is -1.59. The van der Waals surface area contributed by atoms with E-state index in [0.29, 0.717) is 0 Å². The van der Waals surface area contributed by atoms with Crippen molar-refractivity contribution in [2.24, 2.45) is 0 Å². The Bertz CT molecular complexity index is 710. The number of nitrogens with zero attached hydrogens (tertiary/aromatic N) is 2. The third kappa shape index (κ3) is 3.74. The number of hydrogen-bond donors (Lipinski definition) is 1. The van der Waals surface area contributed by atoms with Gasteiger partial charge < -0.3 is 5.32 Å². The SMILES string of the molecule is CCCSc1nc2ccc(NCc3ccccn3)cc2s1. The van der Waals surface area contributed by atoms with Gasteiger partial charge in [0, 0.05) is 17.6 Å². The lowest BCUT2D eigenvalue weighted by Crippen LogP contribution is -2.00. The van der Waals surface area contributed by atoms with E-state index in [-0.39, 0.29) is 0 Å². The number of rotatable bonds is 6. The van der Waals surface area contributed by atoms with Crippen molar-refractivity contribution in [1.82, 2.24) is 9.97 Å². The summed E-state index contributed by atoms with van der Waals surface area (Å²) >= 11 is 3.61. The largest absolute Gasteiger partial charge is 0.379 e. The Morgan fingerprint density at radius 3 is 3.00 bits per heavy atom. The normalized spacial score (nSPS) is 10.9. The van der Waals surface area contributed by atoms with Gasteiger partial charge >= 0.3 is 0 Å². The summed E-state index contributed by atoms with van der Waals surface area (Å²) in [6.07, 6.45) is 3.00. The summed E-state index contributed by atoms with van der Waals surface area (Å²) in [6.45, 7) is 2.93. The van der Waals surface area contributed by atoms with Gasteiger partial charge in [0.1, 0.15) is 0 Å². The zero-order valence-electron chi connectivity index (χ0n) is 11.9. The fourth-order valence-electron chi connectivity index (χ4n) is 1.96. The number of nitrogens with one attached hydrogen (secondary N) is 1. The van der Waals surface area contributed by atoms with Gasteiger partial charge in [0.2, 0.25) is 0 Å². The Kier molecular flexibility index (Phi) is 4.72. The van der Waals surface area contributed by atoms with Crippen LogP contribution in [0.25, 0.3) is 10.2 Å². The summed E-state index contributed by atoms with van der Waals surface area (Å²) in [5, 5.41) is 3.42. The van der Waals surface area contributed by atoms with E-state index in [1.807, 2.05) is 36.2 Å². The number of aromatic nitrogens is 2. The number of hydrogen-bond acceptors (Lipinski definition) is 5. The van der Waals surface area contributed by atoms with Gasteiger partial charge in [-0.25, -0.2) is 4.98 Å². The molecule has 0 unspecified atom stereocenters. The fraction of sp³-hybridized carbons (Fsp3) is 0.250. The quantitative estimate of drug-likeness (QED) is 0.663. The minimum atomic E-state index is 0.739. The molecule has 0 radical (unpaired) electrons. The second-order valence-electron chi connectivity index (χ2n) is 4.69. The van der Waals surface area contributed by atoms with Crippen LogP contribution in [-0.2, 0) is 6.54 Å². The molecule has 108 valence electrons. The van der Waals surface area contributed by atoms with Crippen LogP contribution in [0.4, 0.5) is 5.69 Å². The third-order valence-corrected chi connectivity index (χ3v) is 5.37. The molecule has 0 fully saturated rings. The molecule has 0 saturated carbocycles. The van der Waals surface area contributed by atoms with Crippen molar-refractivity contribution >= 4 is 39.0 Å². The van der Waals surface area contributed by atoms with Crippen LogP contribution in [0.3, 0.4) is 0 Å². The summed E-state index contributed by atoms with van der Waals surface area (Å²) in [4.78, 5) is 8.97. The van der Waals surface area contributed by atoms with Crippen molar-refractivity contribution in [2.45, 2.75) is 24.2 Å². The summed E-state index contributed by atoms with van der Waals surface area (Å²) in [7, 11) is 0. The monoisotopic (exact) mass is 315 g/mol.